The van der Waals surface area contributed by atoms with Gasteiger partial charge in [0.15, 0.2) is 0 Å². The predicted octanol–water partition coefficient (Wildman–Crippen LogP) is 5.98. The number of hydrogen-bond donors (Lipinski definition) is 0. The number of para-hydroxylation sites is 1. The van der Waals surface area contributed by atoms with Gasteiger partial charge in [-0.05, 0) is 52.2 Å². The van der Waals surface area contributed by atoms with Crippen molar-refractivity contribution in [2.24, 2.45) is 5.92 Å². The van der Waals surface area contributed by atoms with Crippen LogP contribution in [0.5, 0.6) is 0 Å². The minimum absolute atomic E-state index is 0.0751. The molecule has 1 heterocycles. The van der Waals surface area contributed by atoms with Crippen molar-refractivity contribution in [3.63, 3.8) is 0 Å². The number of rotatable bonds is 7. The van der Waals surface area contributed by atoms with Gasteiger partial charge in [-0.25, -0.2) is 9.80 Å². The van der Waals surface area contributed by atoms with Crippen molar-refractivity contribution < 1.29 is 14.3 Å². The van der Waals surface area contributed by atoms with Crippen molar-refractivity contribution in [3.05, 3.63) is 40.5 Å². The van der Waals surface area contributed by atoms with E-state index in [0.717, 1.165) is 25.0 Å². The maximum absolute atomic E-state index is 12.8. The molecule has 0 spiro atoms. The SMILES string of the molecule is C=C(COC1CC2CC1C(CC)N2C(=O)OC(C)(C)C)N(c1c(Cl)cccc1Cl)N(C)C. The maximum atomic E-state index is 12.8. The lowest BCUT2D eigenvalue weighted by molar-refractivity contribution is -0.0322. The zero-order chi connectivity index (χ0) is 23.8. The lowest BCUT2D eigenvalue weighted by Gasteiger charge is -2.40. The average Bonchev–Trinajstić information content (AvgIpc) is 3.25. The van der Waals surface area contributed by atoms with E-state index in [1.807, 2.05) is 55.9 Å². The number of ether oxygens (including phenoxy) is 2. The molecule has 4 unspecified atom stereocenters. The second-order valence-corrected chi connectivity index (χ2v) is 10.6. The molecule has 1 amide bonds. The molecule has 8 heteroatoms. The van der Waals surface area contributed by atoms with Crippen LogP contribution < -0.4 is 5.01 Å². The van der Waals surface area contributed by atoms with Crippen molar-refractivity contribution in [1.29, 1.82) is 0 Å². The minimum Gasteiger partial charge on any atom is -0.444 e. The first-order valence-electron chi connectivity index (χ1n) is 11.2. The molecule has 32 heavy (non-hydrogen) atoms. The Labute approximate surface area is 202 Å². The monoisotopic (exact) mass is 483 g/mol. The van der Waals surface area contributed by atoms with E-state index in [1.54, 1.807) is 12.1 Å². The van der Waals surface area contributed by atoms with Crippen LogP contribution in [0.3, 0.4) is 0 Å². The number of carbonyl (C=O) groups is 1. The number of halogens is 2. The predicted molar refractivity (Wildman–Crippen MR) is 130 cm³/mol. The molecule has 0 aromatic heterocycles. The summed E-state index contributed by atoms with van der Waals surface area (Å²) in [5, 5.41) is 4.86. The van der Waals surface area contributed by atoms with Gasteiger partial charge in [-0.3, -0.25) is 5.01 Å². The number of amides is 1. The van der Waals surface area contributed by atoms with Crippen LogP contribution in [-0.4, -0.2) is 60.5 Å². The van der Waals surface area contributed by atoms with E-state index in [1.165, 1.54) is 0 Å². The highest BCUT2D eigenvalue weighted by Gasteiger charge is 2.53. The summed E-state index contributed by atoms with van der Waals surface area (Å²) in [7, 11) is 3.82. The molecule has 1 aliphatic carbocycles. The van der Waals surface area contributed by atoms with Gasteiger partial charge < -0.3 is 14.4 Å². The van der Waals surface area contributed by atoms with Crippen LogP contribution in [-0.2, 0) is 9.47 Å². The smallest absolute Gasteiger partial charge is 0.410 e. The van der Waals surface area contributed by atoms with E-state index >= 15 is 0 Å². The van der Waals surface area contributed by atoms with Crippen molar-refractivity contribution in [2.45, 2.75) is 70.7 Å². The third kappa shape index (κ3) is 5.19. The summed E-state index contributed by atoms with van der Waals surface area (Å²) in [5.74, 6) is 0.294. The van der Waals surface area contributed by atoms with E-state index in [4.69, 9.17) is 32.7 Å². The van der Waals surface area contributed by atoms with Gasteiger partial charge in [0.2, 0.25) is 0 Å². The first-order chi connectivity index (χ1) is 14.9. The van der Waals surface area contributed by atoms with E-state index in [2.05, 4.69) is 13.5 Å². The van der Waals surface area contributed by atoms with Crippen LogP contribution in [0.1, 0.15) is 47.0 Å². The summed E-state index contributed by atoms with van der Waals surface area (Å²) in [4.78, 5) is 14.7. The zero-order valence-corrected chi connectivity index (χ0v) is 21.4. The topological polar surface area (TPSA) is 45.2 Å². The van der Waals surface area contributed by atoms with E-state index < -0.39 is 5.60 Å². The molecule has 2 bridgehead atoms. The first-order valence-corrected chi connectivity index (χ1v) is 11.9. The second-order valence-electron chi connectivity index (χ2n) is 9.80. The largest absolute Gasteiger partial charge is 0.444 e. The highest BCUT2D eigenvalue weighted by Crippen LogP contribution is 2.46. The molecular weight excluding hydrogens is 449 g/mol. The Bertz CT molecular complexity index is 835. The quantitative estimate of drug-likeness (QED) is 0.446. The number of anilines is 1. The Morgan fingerprint density at radius 3 is 2.38 bits per heavy atom. The lowest BCUT2D eigenvalue weighted by Crippen LogP contribution is -2.50. The average molecular weight is 484 g/mol. The standard InChI is InChI=1S/C24H35Cl2N3O3/c1-8-20-17-12-16(28(20)23(30)32-24(3,4)5)13-21(17)31-14-15(2)29(27(6)7)22-18(25)10-9-11-19(22)26/h9-11,16-17,20-21H,2,8,12-14H2,1,3-7H3. The van der Waals surface area contributed by atoms with E-state index in [0.29, 0.717) is 28.3 Å². The number of hydrogen-bond acceptors (Lipinski definition) is 5. The fourth-order valence-corrected chi connectivity index (χ4v) is 5.56. The van der Waals surface area contributed by atoms with Gasteiger partial charge in [0.1, 0.15) is 5.60 Å². The van der Waals surface area contributed by atoms with Crippen LogP contribution in [0.15, 0.2) is 30.5 Å². The molecule has 1 aromatic rings. The van der Waals surface area contributed by atoms with Gasteiger partial charge in [0.25, 0.3) is 0 Å². The van der Waals surface area contributed by atoms with Gasteiger partial charge in [-0.2, -0.15) is 0 Å². The molecule has 2 fully saturated rings. The highest BCUT2D eigenvalue weighted by molar-refractivity contribution is 6.39. The molecule has 3 rings (SSSR count). The Morgan fingerprint density at radius 1 is 1.22 bits per heavy atom. The molecule has 1 saturated heterocycles. The summed E-state index contributed by atoms with van der Waals surface area (Å²) in [6.07, 6.45) is 2.49. The van der Waals surface area contributed by atoms with E-state index in [9.17, 15) is 4.79 Å². The Balaban J connectivity index is 1.67. The van der Waals surface area contributed by atoms with Crippen LogP contribution in [0, 0.1) is 5.92 Å². The molecule has 0 N–H and O–H groups in total. The van der Waals surface area contributed by atoms with Gasteiger partial charge in [0, 0.05) is 32.1 Å². The number of piperidine rings is 1. The number of hydrazine groups is 1. The maximum Gasteiger partial charge on any atom is 0.410 e. The fraction of sp³-hybridized carbons (Fsp3) is 0.625. The summed E-state index contributed by atoms with van der Waals surface area (Å²) < 4.78 is 12.0. The number of carbonyl (C=O) groups excluding carboxylic acids is 1. The highest BCUT2D eigenvalue weighted by atomic mass is 35.5. The molecule has 0 radical (unpaired) electrons. The number of likely N-dealkylation sites (tertiary alicyclic amines) is 1. The zero-order valence-electron chi connectivity index (χ0n) is 19.9. The van der Waals surface area contributed by atoms with Gasteiger partial charge in [0.05, 0.1) is 34.1 Å². The molecule has 1 saturated carbocycles. The Hall–Kier alpha value is -1.47. The number of benzene rings is 1. The van der Waals surface area contributed by atoms with Crippen molar-refractivity contribution in [2.75, 3.05) is 25.7 Å². The van der Waals surface area contributed by atoms with Crippen molar-refractivity contribution in [3.8, 4) is 0 Å². The van der Waals surface area contributed by atoms with Crippen LogP contribution >= 0.6 is 23.2 Å². The minimum atomic E-state index is -0.500. The molecule has 6 nitrogen and oxygen atoms in total. The Kier molecular flexibility index (Phi) is 7.70. The van der Waals surface area contributed by atoms with Crippen LogP contribution in [0.25, 0.3) is 0 Å². The van der Waals surface area contributed by atoms with Crippen molar-refractivity contribution in [1.82, 2.24) is 9.91 Å². The second kappa shape index (κ2) is 9.80. The normalized spacial score (nSPS) is 24.8. The number of nitrogens with zero attached hydrogens (tertiary/aromatic N) is 3. The van der Waals surface area contributed by atoms with Gasteiger partial charge in [-0.1, -0.05) is 42.8 Å². The van der Waals surface area contributed by atoms with Gasteiger partial charge in [-0.15, -0.1) is 0 Å². The first kappa shape index (κ1) is 25.2. The lowest BCUT2D eigenvalue weighted by atomic mass is 9.94. The molecular formula is C24H35Cl2N3O3. The van der Waals surface area contributed by atoms with Crippen LogP contribution in [0.4, 0.5) is 10.5 Å². The third-order valence-electron chi connectivity index (χ3n) is 6.11. The molecule has 4 atom stereocenters. The molecule has 2 aliphatic rings. The van der Waals surface area contributed by atoms with Crippen molar-refractivity contribution >= 4 is 35.0 Å². The fourth-order valence-electron chi connectivity index (χ4n) is 5.00. The molecule has 1 aromatic carbocycles. The molecule has 1 aliphatic heterocycles. The summed E-state index contributed by atoms with van der Waals surface area (Å²) in [5.41, 5.74) is 0.926. The Morgan fingerprint density at radius 2 is 1.84 bits per heavy atom. The number of fused-ring (bicyclic) bond motifs is 2. The summed E-state index contributed by atoms with van der Waals surface area (Å²) in [6, 6.07) is 5.71. The summed E-state index contributed by atoms with van der Waals surface area (Å²) >= 11 is 12.9. The summed E-state index contributed by atoms with van der Waals surface area (Å²) in [6.45, 7) is 12.4. The van der Waals surface area contributed by atoms with Crippen LogP contribution in [0.2, 0.25) is 10.0 Å². The third-order valence-corrected chi connectivity index (χ3v) is 6.72. The van der Waals surface area contributed by atoms with Gasteiger partial charge >= 0.3 is 6.09 Å². The van der Waals surface area contributed by atoms with E-state index in [-0.39, 0.29) is 24.3 Å². The molecule has 178 valence electrons.